The molecule has 0 unspecified atom stereocenters. The Balaban J connectivity index is 2.37. The fourth-order valence-corrected chi connectivity index (χ4v) is 2.47. The van der Waals surface area contributed by atoms with Gasteiger partial charge in [-0.15, -0.1) is 0 Å². The standard InChI is InChI=1S/C13H6BrClN4/c14-12-4-11-9(6-17-12)7-18-19(11)13-8(5-16)2-1-3-10(13)15/h1-4,6-7H. The summed E-state index contributed by atoms with van der Waals surface area (Å²) in [6, 6.07) is 9.17. The summed E-state index contributed by atoms with van der Waals surface area (Å²) in [5.41, 5.74) is 1.90. The molecule has 4 nitrogen and oxygen atoms in total. The highest BCUT2D eigenvalue weighted by Crippen LogP contribution is 2.27. The summed E-state index contributed by atoms with van der Waals surface area (Å²) in [6.07, 6.45) is 3.41. The minimum Gasteiger partial charge on any atom is -0.249 e. The van der Waals surface area contributed by atoms with Gasteiger partial charge in [0.1, 0.15) is 16.4 Å². The van der Waals surface area contributed by atoms with Crippen LogP contribution in [0.2, 0.25) is 5.02 Å². The third-order valence-electron chi connectivity index (χ3n) is 2.74. The number of hydrogen-bond donors (Lipinski definition) is 0. The number of para-hydroxylation sites is 1. The molecule has 0 aliphatic carbocycles. The van der Waals surface area contributed by atoms with E-state index in [2.05, 4.69) is 32.1 Å². The molecule has 0 fully saturated rings. The summed E-state index contributed by atoms with van der Waals surface area (Å²) in [5.74, 6) is 0. The predicted molar refractivity (Wildman–Crippen MR) is 76.3 cm³/mol. The van der Waals surface area contributed by atoms with Crippen molar-refractivity contribution in [1.82, 2.24) is 14.8 Å². The zero-order valence-corrected chi connectivity index (χ0v) is 11.9. The second-order valence-electron chi connectivity index (χ2n) is 3.87. The highest BCUT2D eigenvalue weighted by molar-refractivity contribution is 9.10. The molecule has 3 aromatic rings. The van der Waals surface area contributed by atoms with E-state index >= 15 is 0 Å². The number of pyridine rings is 1. The van der Waals surface area contributed by atoms with Crippen molar-refractivity contribution < 1.29 is 0 Å². The van der Waals surface area contributed by atoms with Crippen LogP contribution in [-0.2, 0) is 0 Å². The number of nitrogens with zero attached hydrogens (tertiary/aromatic N) is 4. The van der Waals surface area contributed by atoms with Crippen LogP contribution in [0.15, 0.2) is 41.3 Å². The van der Waals surface area contributed by atoms with Crippen molar-refractivity contribution in [2.45, 2.75) is 0 Å². The first-order valence-corrected chi connectivity index (χ1v) is 6.56. The van der Waals surface area contributed by atoms with Crippen LogP contribution < -0.4 is 0 Å². The molecule has 92 valence electrons. The third-order valence-corrected chi connectivity index (χ3v) is 3.48. The molecule has 0 amide bonds. The Morgan fingerprint density at radius 2 is 2.16 bits per heavy atom. The molecule has 0 atom stereocenters. The van der Waals surface area contributed by atoms with Crippen LogP contribution in [0.3, 0.4) is 0 Å². The van der Waals surface area contributed by atoms with Gasteiger partial charge in [-0.25, -0.2) is 9.67 Å². The van der Waals surface area contributed by atoms with Crippen LogP contribution >= 0.6 is 27.5 Å². The van der Waals surface area contributed by atoms with Gasteiger partial charge < -0.3 is 0 Å². The summed E-state index contributed by atoms with van der Waals surface area (Å²) in [7, 11) is 0. The lowest BCUT2D eigenvalue weighted by molar-refractivity contribution is 0.907. The first kappa shape index (κ1) is 12.2. The molecule has 0 aliphatic heterocycles. The highest BCUT2D eigenvalue weighted by Gasteiger charge is 2.13. The number of hydrogen-bond acceptors (Lipinski definition) is 3. The van der Waals surface area contributed by atoms with Crippen molar-refractivity contribution in [2.75, 3.05) is 0 Å². The molecule has 3 rings (SSSR count). The maximum atomic E-state index is 9.20. The lowest BCUT2D eigenvalue weighted by atomic mass is 10.2. The van der Waals surface area contributed by atoms with Crippen LogP contribution in [0.5, 0.6) is 0 Å². The Kier molecular flexibility index (Phi) is 2.97. The van der Waals surface area contributed by atoms with E-state index < -0.39 is 0 Å². The van der Waals surface area contributed by atoms with Crippen LogP contribution in [0.25, 0.3) is 16.6 Å². The Bertz CT molecular complexity index is 819. The van der Waals surface area contributed by atoms with E-state index in [0.29, 0.717) is 20.9 Å². The fraction of sp³-hybridized carbons (Fsp3) is 0. The molecule has 0 aliphatic rings. The van der Waals surface area contributed by atoms with Crippen molar-refractivity contribution in [3.05, 3.63) is 51.8 Å². The normalized spacial score (nSPS) is 10.6. The third kappa shape index (κ3) is 1.99. The van der Waals surface area contributed by atoms with Crippen molar-refractivity contribution in [3.8, 4) is 11.8 Å². The van der Waals surface area contributed by atoms with Gasteiger partial charge in [-0.1, -0.05) is 17.7 Å². The second-order valence-corrected chi connectivity index (χ2v) is 5.09. The van der Waals surface area contributed by atoms with Crippen LogP contribution in [0.4, 0.5) is 0 Å². The fourth-order valence-electron chi connectivity index (χ4n) is 1.89. The van der Waals surface area contributed by atoms with Crippen LogP contribution in [0.1, 0.15) is 5.56 Å². The Labute approximate surface area is 122 Å². The van der Waals surface area contributed by atoms with Gasteiger partial charge in [-0.05, 0) is 34.1 Å². The van der Waals surface area contributed by atoms with Crippen molar-refractivity contribution in [1.29, 1.82) is 5.26 Å². The number of rotatable bonds is 1. The quantitative estimate of drug-likeness (QED) is 0.638. The molecule has 1 aromatic carbocycles. The van der Waals surface area contributed by atoms with Crippen molar-refractivity contribution in [3.63, 3.8) is 0 Å². The van der Waals surface area contributed by atoms with E-state index in [4.69, 9.17) is 11.6 Å². The van der Waals surface area contributed by atoms with E-state index in [1.165, 1.54) is 0 Å². The van der Waals surface area contributed by atoms with E-state index in [9.17, 15) is 5.26 Å². The van der Waals surface area contributed by atoms with E-state index in [1.807, 2.05) is 6.07 Å². The summed E-state index contributed by atoms with van der Waals surface area (Å²) >= 11 is 9.53. The number of benzene rings is 1. The van der Waals surface area contributed by atoms with Gasteiger partial charge in [0, 0.05) is 11.6 Å². The van der Waals surface area contributed by atoms with Gasteiger partial charge in [0.15, 0.2) is 0 Å². The number of fused-ring (bicyclic) bond motifs is 1. The van der Waals surface area contributed by atoms with E-state index in [1.54, 1.807) is 35.3 Å². The SMILES string of the molecule is N#Cc1cccc(Cl)c1-n1ncc2cnc(Br)cc21. The summed E-state index contributed by atoms with van der Waals surface area (Å²) in [4.78, 5) is 4.14. The molecule has 0 bridgehead atoms. The molecule has 0 N–H and O–H groups in total. The molecular formula is C13H6BrClN4. The molecule has 2 aromatic heterocycles. The van der Waals surface area contributed by atoms with Crippen molar-refractivity contribution in [2.24, 2.45) is 0 Å². The van der Waals surface area contributed by atoms with E-state index in [0.717, 1.165) is 10.9 Å². The zero-order chi connectivity index (χ0) is 13.4. The lowest BCUT2D eigenvalue weighted by Gasteiger charge is -2.08. The molecular weight excluding hydrogens is 328 g/mol. The molecule has 0 spiro atoms. The second kappa shape index (κ2) is 4.65. The summed E-state index contributed by atoms with van der Waals surface area (Å²) < 4.78 is 2.36. The van der Waals surface area contributed by atoms with Gasteiger partial charge in [0.05, 0.1) is 22.3 Å². The Morgan fingerprint density at radius 1 is 1.32 bits per heavy atom. The van der Waals surface area contributed by atoms with E-state index in [-0.39, 0.29) is 0 Å². The molecule has 2 heterocycles. The predicted octanol–water partition coefficient (Wildman–Crippen LogP) is 3.71. The van der Waals surface area contributed by atoms with Gasteiger partial charge in [-0.3, -0.25) is 0 Å². The van der Waals surface area contributed by atoms with Gasteiger partial charge in [-0.2, -0.15) is 10.4 Å². The maximum absolute atomic E-state index is 9.20. The summed E-state index contributed by atoms with van der Waals surface area (Å²) in [6.45, 7) is 0. The zero-order valence-electron chi connectivity index (χ0n) is 9.51. The molecule has 6 heteroatoms. The van der Waals surface area contributed by atoms with Crippen LogP contribution in [-0.4, -0.2) is 14.8 Å². The van der Waals surface area contributed by atoms with Crippen molar-refractivity contribution >= 4 is 38.4 Å². The first-order chi connectivity index (χ1) is 9.20. The molecule has 0 saturated carbocycles. The van der Waals surface area contributed by atoms with Crippen LogP contribution in [0, 0.1) is 11.3 Å². The average molecular weight is 334 g/mol. The Morgan fingerprint density at radius 3 is 2.95 bits per heavy atom. The number of nitriles is 1. The highest BCUT2D eigenvalue weighted by atomic mass is 79.9. The maximum Gasteiger partial charge on any atom is 0.108 e. The monoisotopic (exact) mass is 332 g/mol. The van der Waals surface area contributed by atoms with Gasteiger partial charge >= 0.3 is 0 Å². The Hall–Kier alpha value is -1.90. The largest absolute Gasteiger partial charge is 0.249 e. The number of halogens is 2. The molecule has 0 saturated heterocycles. The topological polar surface area (TPSA) is 54.5 Å². The minimum atomic E-state index is 0.477. The average Bonchev–Trinajstić information content (AvgIpc) is 2.81. The minimum absolute atomic E-state index is 0.477. The number of aromatic nitrogens is 3. The lowest BCUT2D eigenvalue weighted by Crippen LogP contribution is -2.00. The van der Waals surface area contributed by atoms with Gasteiger partial charge in [0.25, 0.3) is 0 Å². The molecule has 19 heavy (non-hydrogen) atoms. The smallest absolute Gasteiger partial charge is 0.108 e. The summed E-state index contributed by atoms with van der Waals surface area (Å²) in [5, 5.41) is 14.9. The first-order valence-electron chi connectivity index (χ1n) is 5.39. The van der Waals surface area contributed by atoms with Gasteiger partial charge in [0.2, 0.25) is 0 Å². The molecule has 0 radical (unpaired) electrons.